The number of amides is 1. The standard InChI is InChI=1S/C23H27F2N5O2/c1-2-28(15-21-27-19-5-3-4-6-20(19)30(21)23(24)25)16-22(31)26-17-7-9-18(10-8-17)29-11-13-32-14-12-29/h3-10,23H,2,11-16H2,1H3,(H,26,31). The fraction of sp³-hybridized carbons (Fsp3) is 0.391. The average Bonchev–Trinajstić information content (AvgIpc) is 3.17. The second-order valence-corrected chi connectivity index (χ2v) is 7.66. The summed E-state index contributed by atoms with van der Waals surface area (Å²) in [6.07, 6.45) is 0. The molecule has 0 atom stereocenters. The molecule has 1 N–H and O–H groups in total. The zero-order valence-corrected chi connectivity index (χ0v) is 18.0. The van der Waals surface area contributed by atoms with Crippen LogP contribution < -0.4 is 10.2 Å². The number of morpholine rings is 1. The first-order valence-electron chi connectivity index (χ1n) is 10.7. The molecule has 2 heterocycles. The number of ether oxygens (including phenoxy) is 1. The van der Waals surface area contributed by atoms with Gasteiger partial charge in [-0.1, -0.05) is 19.1 Å². The largest absolute Gasteiger partial charge is 0.378 e. The maximum Gasteiger partial charge on any atom is 0.320 e. The molecule has 1 aromatic heterocycles. The molecule has 9 heteroatoms. The molecule has 2 aromatic carbocycles. The van der Waals surface area contributed by atoms with E-state index in [2.05, 4.69) is 15.2 Å². The van der Waals surface area contributed by atoms with Gasteiger partial charge >= 0.3 is 6.55 Å². The molecule has 0 saturated carbocycles. The molecule has 3 aromatic rings. The lowest BCUT2D eigenvalue weighted by atomic mass is 10.2. The molecule has 4 rings (SSSR count). The zero-order valence-electron chi connectivity index (χ0n) is 18.0. The third-order valence-corrected chi connectivity index (χ3v) is 5.57. The molecule has 0 unspecified atom stereocenters. The SMILES string of the molecule is CCN(CC(=O)Nc1ccc(N2CCOCC2)cc1)Cc1nc2ccccc2n1C(F)F. The van der Waals surface area contributed by atoms with Crippen molar-refractivity contribution in [3.8, 4) is 0 Å². The second kappa shape index (κ2) is 10.1. The van der Waals surface area contributed by atoms with Gasteiger partial charge in [-0.15, -0.1) is 0 Å². The number of nitrogens with one attached hydrogen (secondary N) is 1. The van der Waals surface area contributed by atoms with Crippen LogP contribution in [0, 0.1) is 0 Å². The minimum atomic E-state index is -2.70. The zero-order chi connectivity index (χ0) is 22.5. The van der Waals surface area contributed by atoms with Crippen LogP contribution >= 0.6 is 0 Å². The van der Waals surface area contributed by atoms with Crippen LogP contribution in [0.2, 0.25) is 0 Å². The number of nitrogens with zero attached hydrogens (tertiary/aromatic N) is 4. The van der Waals surface area contributed by atoms with Crippen molar-refractivity contribution in [2.24, 2.45) is 0 Å². The number of carbonyl (C=O) groups is 1. The highest BCUT2D eigenvalue weighted by Crippen LogP contribution is 2.24. The van der Waals surface area contributed by atoms with Crippen LogP contribution in [0.3, 0.4) is 0 Å². The number of imidazole rings is 1. The van der Waals surface area contributed by atoms with Crippen LogP contribution in [-0.2, 0) is 16.1 Å². The van der Waals surface area contributed by atoms with E-state index in [1.807, 2.05) is 31.2 Å². The summed E-state index contributed by atoms with van der Waals surface area (Å²) < 4.78 is 33.7. The quantitative estimate of drug-likeness (QED) is 0.575. The Hall–Kier alpha value is -3.04. The average molecular weight is 443 g/mol. The number of rotatable bonds is 8. The van der Waals surface area contributed by atoms with E-state index in [0.717, 1.165) is 23.3 Å². The van der Waals surface area contributed by atoms with E-state index in [-0.39, 0.29) is 24.8 Å². The molecular weight excluding hydrogens is 416 g/mol. The molecule has 0 bridgehead atoms. The molecule has 0 spiro atoms. The Morgan fingerprint density at radius 1 is 1.16 bits per heavy atom. The number of carbonyl (C=O) groups excluding carboxylic acids is 1. The van der Waals surface area contributed by atoms with Gasteiger partial charge in [-0.3, -0.25) is 14.3 Å². The van der Waals surface area contributed by atoms with Crippen molar-refractivity contribution in [3.05, 3.63) is 54.4 Å². The first kappa shape index (κ1) is 22.2. The van der Waals surface area contributed by atoms with Crippen LogP contribution in [0.5, 0.6) is 0 Å². The Labute approximate surface area is 185 Å². The molecule has 0 radical (unpaired) electrons. The van der Waals surface area contributed by atoms with Crippen LogP contribution in [0.25, 0.3) is 11.0 Å². The molecule has 7 nitrogen and oxygen atoms in total. The van der Waals surface area contributed by atoms with Crippen molar-refractivity contribution in [2.45, 2.75) is 20.0 Å². The van der Waals surface area contributed by atoms with E-state index < -0.39 is 6.55 Å². The highest BCUT2D eigenvalue weighted by Gasteiger charge is 2.20. The highest BCUT2D eigenvalue weighted by atomic mass is 19.3. The number of benzene rings is 2. The number of halogens is 2. The second-order valence-electron chi connectivity index (χ2n) is 7.66. The molecule has 1 fully saturated rings. The van der Waals surface area contributed by atoms with Crippen molar-refractivity contribution < 1.29 is 18.3 Å². The molecule has 1 saturated heterocycles. The first-order chi connectivity index (χ1) is 15.5. The molecular formula is C23H27F2N5O2. The van der Waals surface area contributed by atoms with Crippen molar-refractivity contribution in [2.75, 3.05) is 49.6 Å². The number of likely N-dealkylation sites (N-methyl/N-ethyl adjacent to an activating group) is 1. The summed E-state index contributed by atoms with van der Waals surface area (Å²) in [5.74, 6) is 0.0383. The smallest absolute Gasteiger partial charge is 0.320 e. The Bertz CT molecular complexity index is 1050. The van der Waals surface area contributed by atoms with E-state index in [9.17, 15) is 13.6 Å². The van der Waals surface area contributed by atoms with E-state index in [1.54, 1.807) is 29.2 Å². The third kappa shape index (κ3) is 5.05. The Morgan fingerprint density at radius 2 is 1.88 bits per heavy atom. The summed E-state index contributed by atoms with van der Waals surface area (Å²) in [7, 11) is 0. The number of alkyl halides is 2. The minimum absolute atomic E-state index is 0.0775. The normalized spacial score (nSPS) is 14.5. The molecule has 0 aliphatic carbocycles. The van der Waals surface area contributed by atoms with Gasteiger partial charge in [0.2, 0.25) is 5.91 Å². The summed E-state index contributed by atoms with van der Waals surface area (Å²) in [4.78, 5) is 21.0. The van der Waals surface area contributed by atoms with Gasteiger partial charge < -0.3 is 15.0 Å². The number of hydrogen-bond donors (Lipinski definition) is 1. The predicted molar refractivity (Wildman–Crippen MR) is 120 cm³/mol. The lowest BCUT2D eigenvalue weighted by molar-refractivity contribution is -0.117. The van der Waals surface area contributed by atoms with Crippen LogP contribution in [0.1, 0.15) is 19.3 Å². The third-order valence-electron chi connectivity index (χ3n) is 5.57. The van der Waals surface area contributed by atoms with Crippen molar-refractivity contribution >= 4 is 28.3 Å². The molecule has 170 valence electrons. The van der Waals surface area contributed by atoms with E-state index >= 15 is 0 Å². The molecule has 1 aliphatic rings. The van der Waals surface area contributed by atoms with Crippen molar-refractivity contribution in [1.82, 2.24) is 14.5 Å². The molecule has 1 amide bonds. The van der Waals surface area contributed by atoms with Gasteiger partial charge in [-0.25, -0.2) is 4.98 Å². The van der Waals surface area contributed by atoms with E-state index in [0.29, 0.717) is 36.5 Å². The number of hydrogen-bond acceptors (Lipinski definition) is 5. The molecule has 32 heavy (non-hydrogen) atoms. The Morgan fingerprint density at radius 3 is 2.56 bits per heavy atom. The van der Waals surface area contributed by atoms with Gasteiger partial charge in [0.05, 0.1) is 37.3 Å². The fourth-order valence-corrected chi connectivity index (χ4v) is 3.88. The lowest BCUT2D eigenvalue weighted by Gasteiger charge is -2.29. The van der Waals surface area contributed by atoms with Gasteiger partial charge in [0.25, 0.3) is 0 Å². The summed E-state index contributed by atoms with van der Waals surface area (Å²) in [6, 6.07) is 14.5. The van der Waals surface area contributed by atoms with Crippen LogP contribution in [0.4, 0.5) is 20.2 Å². The number of para-hydroxylation sites is 2. The lowest BCUT2D eigenvalue weighted by Crippen LogP contribution is -2.36. The predicted octanol–water partition coefficient (Wildman–Crippen LogP) is 3.73. The Balaban J connectivity index is 1.39. The first-order valence-corrected chi connectivity index (χ1v) is 10.7. The van der Waals surface area contributed by atoms with Gasteiger partial charge in [-0.05, 0) is 42.9 Å². The summed E-state index contributed by atoms with van der Waals surface area (Å²) >= 11 is 0. The van der Waals surface area contributed by atoms with E-state index in [1.165, 1.54) is 0 Å². The maximum atomic E-state index is 13.7. The van der Waals surface area contributed by atoms with E-state index in [4.69, 9.17) is 4.74 Å². The van der Waals surface area contributed by atoms with Gasteiger partial charge in [0.1, 0.15) is 5.82 Å². The number of aromatic nitrogens is 2. The van der Waals surface area contributed by atoms with Gasteiger partial charge in [0.15, 0.2) is 0 Å². The minimum Gasteiger partial charge on any atom is -0.378 e. The monoisotopic (exact) mass is 443 g/mol. The fourth-order valence-electron chi connectivity index (χ4n) is 3.88. The summed E-state index contributed by atoms with van der Waals surface area (Å²) in [6.45, 7) is 3.06. The Kier molecular flexibility index (Phi) is 6.96. The highest BCUT2D eigenvalue weighted by molar-refractivity contribution is 5.92. The molecule has 1 aliphatic heterocycles. The van der Waals surface area contributed by atoms with Crippen LogP contribution in [0.15, 0.2) is 48.5 Å². The van der Waals surface area contributed by atoms with Crippen molar-refractivity contribution in [1.29, 1.82) is 0 Å². The summed E-state index contributed by atoms with van der Waals surface area (Å²) in [5, 5.41) is 2.89. The van der Waals surface area contributed by atoms with Gasteiger partial charge in [0, 0.05) is 24.5 Å². The number of fused-ring (bicyclic) bond motifs is 1. The van der Waals surface area contributed by atoms with Gasteiger partial charge in [-0.2, -0.15) is 8.78 Å². The summed E-state index contributed by atoms with van der Waals surface area (Å²) in [5.41, 5.74) is 2.69. The van der Waals surface area contributed by atoms with Crippen LogP contribution in [-0.4, -0.2) is 59.8 Å². The maximum absolute atomic E-state index is 13.7. The van der Waals surface area contributed by atoms with Crippen molar-refractivity contribution in [3.63, 3.8) is 0 Å². The number of anilines is 2. The topological polar surface area (TPSA) is 62.6 Å².